The largest absolute Gasteiger partial charge is 0.261 e. The second-order valence-electron chi connectivity index (χ2n) is 6.34. The standard InChI is InChI=1S/2C9H11N3/c1-7(2)9-5-8-6-10-3-4-12(8)11-9;1-7(2)9-5-8-3-4-10-6-12(8)11-9/h2*3-7H,1-2H3. The summed E-state index contributed by atoms with van der Waals surface area (Å²) >= 11 is 0. The average Bonchev–Trinajstić information content (AvgIpc) is 3.19. The number of rotatable bonds is 2. The van der Waals surface area contributed by atoms with Crippen LogP contribution in [0.4, 0.5) is 0 Å². The Morgan fingerprint density at radius 3 is 2.08 bits per heavy atom. The molecule has 4 rings (SSSR count). The second-order valence-corrected chi connectivity index (χ2v) is 6.34. The fourth-order valence-corrected chi connectivity index (χ4v) is 2.30. The topological polar surface area (TPSA) is 60.4 Å². The lowest BCUT2D eigenvalue weighted by molar-refractivity contribution is 0.782. The molecule has 124 valence electrons. The smallest absolute Gasteiger partial charge is 0.117 e. The summed E-state index contributed by atoms with van der Waals surface area (Å²) in [5.74, 6) is 0.954. The summed E-state index contributed by atoms with van der Waals surface area (Å²) in [6.45, 7) is 8.54. The van der Waals surface area contributed by atoms with Gasteiger partial charge >= 0.3 is 0 Å². The highest BCUT2D eigenvalue weighted by atomic mass is 15.2. The highest BCUT2D eigenvalue weighted by Crippen LogP contribution is 2.14. The van der Waals surface area contributed by atoms with Crippen LogP contribution < -0.4 is 0 Å². The van der Waals surface area contributed by atoms with Gasteiger partial charge in [-0.2, -0.15) is 10.2 Å². The minimum atomic E-state index is 0.477. The normalized spacial score (nSPS) is 11.2. The zero-order valence-corrected chi connectivity index (χ0v) is 14.5. The van der Waals surface area contributed by atoms with E-state index in [1.54, 1.807) is 23.2 Å². The molecule has 0 amide bonds. The van der Waals surface area contributed by atoms with Crippen molar-refractivity contribution in [2.24, 2.45) is 0 Å². The number of hydrogen-bond acceptors (Lipinski definition) is 4. The molecule has 0 aliphatic carbocycles. The maximum Gasteiger partial charge on any atom is 0.117 e. The predicted octanol–water partition coefficient (Wildman–Crippen LogP) is 3.71. The second kappa shape index (κ2) is 6.78. The molecule has 4 aromatic heterocycles. The summed E-state index contributed by atoms with van der Waals surface area (Å²) in [5.41, 5.74) is 4.39. The molecule has 0 bridgehead atoms. The van der Waals surface area contributed by atoms with E-state index in [9.17, 15) is 0 Å². The van der Waals surface area contributed by atoms with Crippen LogP contribution in [0.15, 0.2) is 49.3 Å². The first-order valence-corrected chi connectivity index (χ1v) is 8.13. The van der Waals surface area contributed by atoms with Crippen molar-refractivity contribution in [1.29, 1.82) is 0 Å². The Morgan fingerprint density at radius 2 is 1.46 bits per heavy atom. The van der Waals surface area contributed by atoms with Crippen molar-refractivity contribution in [1.82, 2.24) is 29.2 Å². The van der Waals surface area contributed by atoms with Gasteiger partial charge in [0, 0.05) is 18.6 Å². The molecule has 0 aliphatic heterocycles. The van der Waals surface area contributed by atoms with Crippen molar-refractivity contribution in [3.8, 4) is 0 Å². The predicted molar refractivity (Wildman–Crippen MR) is 94.2 cm³/mol. The Hall–Kier alpha value is -2.76. The molecule has 0 aromatic carbocycles. The van der Waals surface area contributed by atoms with Gasteiger partial charge in [0.25, 0.3) is 0 Å². The molecular weight excluding hydrogens is 300 g/mol. The molecule has 0 spiro atoms. The van der Waals surface area contributed by atoms with E-state index < -0.39 is 0 Å². The molecule has 0 N–H and O–H groups in total. The SMILES string of the molecule is CC(C)c1cc2ccncn2n1.CC(C)c1cc2cnccn2n1. The maximum absolute atomic E-state index is 4.39. The third kappa shape index (κ3) is 3.42. The van der Waals surface area contributed by atoms with Gasteiger partial charge in [-0.05, 0) is 30.0 Å². The van der Waals surface area contributed by atoms with Gasteiger partial charge in [0.15, 0.2) is 0 Å². The molecule has 0 radical (unpaired) electrons. The van der Waals surface area contributed by atoms with Gasteiger partial charge in [0.1, 0.15) is 6.33 Å². The Bertz CT molecular complexity index is 791. The van der Waals surface area contributed by atoms with E-state index in [1.807, 2.05) is 23.0 Å². The molecule has 0 unspecified atom stereocenters. The van der Waals surface area contributed by atoms with E-state index in [0.29, 0.717) is 11.8 Å². The molecule has 0 fully saturated rings. The molecule has 0 atom stereocenters. The minimum absolute atomic E-state index is 0.477. The molecule has 0 saturated carbocycles. The van der Waals surface area contributed by atoms with Crippen LogP contribution in [0.5, 0.6) is 0 Å². The highest BCUT2D eigenvalue weighted by Gasteiger charge is 2.04. The number of aromatic nitrogens is 6. The molecule has 4 aromatic rings. The first-order valence-electron chi connectivity index (χ1n) is 8.13. The fraction of sp³-hybridized carbons (Fsp3) is 0.333. The lowest BCUT2D eigenvalue weighted by Crippen LogP contribution is -1.90. The Kier molecular flexibility index (Phi) is 4.55. The zero-order chi connectivity index (χ0) is 17.1. The van der Waals surface area contributed by atoms with Crippen LogP contribution >= 0.6 is 0 Å². The van der Waals surface area contributed by atoms with Crippen LogP contribution in [0.2, 0.25) is 0 Å². The van der Waals surface area contributed by atoms with E-state index in [2.05, 4.69) is 60.0 Å². The summed E-state index contributed by atoms with van der Waals surface area (Å²) in [7, 11) is 0. The van der Waals surface area contributed by atoms with Crippen LogP contribution in [0.3, 0.4) is 0 Å². The van der Waals surface area contributed by atoms with Crippen LogP contribution in [-0.4, -0.2) is 29.2 Å². The summed E-state index contributed by atoms with van der Waals surface area (Å²) in [6.07, 6.45) is 8.92. The van der Waals surface area contributed by atoms with Crippen LogP contribution in [-0.2, 0) is 0 Å². The van der Waals surface area contributed by atoms with Crippen molar-refractivity contribution < 1.29 is 0 Å². The molecule has 6 nitrogen and oxygen atoms in total. The monoisotopic (exact) mass is 322 g/mol. The molecule has 0 saturated heterocycles. The van der Waals surface area contributed by atoms with Gasteiger partial charge in [-0.1, -0.05) is 27.7 Å². The van der Waals surface area contributed by atoms with Gasteiger partial charge in [-0.3, -0.25) is 4.98 Å². The quantitative estimate of drug-likeness (QED) is 0.564. The summed E-state index contributed by atoms with van der Waals surface area (Å²) in [6, 6.07) is 6.11. The van der Waals surface area contributed by atoms with Crippen molar-refractivity contribution in [2.45, 2.75) is 39.5 Å². The van der Waals surface area contributed by atoms with Crippen LogP contribution in [0.25, 0.3) is 11.0 Å². The summed E-state index contributed by atoms with van der Waals surface area (Å²) in [5, 5.41) is 8.76. The van der Waals surface area contributed by atoms with Gasteiger partial charge in [0.05, 0.1) is 28.6 Å². The average molecular weight is 322 g/mol. The minimum Gasteiger partial charge on any atom is -0.261 e. The lowest BCUT2D eigenvalue weighted by atomic mass is 10.1. The van der Waals surface area contributed by atoms with Crippen molar-refractivity contribution in [3.05, 3.63) is 60.7 Å². The van der Waals surface area contributed by atoms with Crippen molar-refractivity contribution in [3.63, 3.8) is 0 Å². The third-order valence-electron chi connectivity index (χ3n) is 3.76. The summed E-state index contributed by atoms with van der Waals surface area (Å²) in [4.78, 5) is 8.01. The fourth-order valence-electron chi connectivity index (χ4n) is 2.30. The van der Waals surface area contributed by atoms with Crippen molar-refractivity contribution in [2.75, 3.05) is 0 Å². The van der Waals surface area contributed by atoms with E-state index in [0.717, 1.165) is 22.4 Å². The third-order valence-corrected chi connectivity index (χ3v) is 3.76. The first-order chi connectivity index (χ1) is 11.5. The Morgan fingerprint density at radius 1 is 0.792 bits per heavy atom. The lowest BCUT2D eigenvalue weighted by Gasteiger charge is -1.94. The van der Waals surface area contributed by atoms with E-state index in [1.165, 1.54) is 0 Å². The first kappa shape index (κ1) is 16.1. The number of hydrogen-bond donors (Lipinski definition) is 0. The van der Waals surface area contributed by atoms with E-state index >= 15 is 0 Å². The molecule has 24 heavy (non-hydrogen) atoms. The molecular formula is C18H22N6. The van der Waals surface area contributed by atoms with E-state index in [-0.39, 0.29) is 0 Å². The maximum atomic E-state index is 4.39. The number of fused-ring (bicyclic) bond motifs is 2. The Balaban J connectivity index is 0.000000141. The molecule has 6 heteroatoms. The highest BCUT2D eigenvalue weighted by molar-refractivity contribution is 5.46. The zero-order valence-electron chi connectivity index (χ0n) is 14.5. The van der Waals surface area contributed by atoms with Gasteiger partial charge in [0.2, 0.25) is 0 Å². The summed E-state index contributed by atoms with van der Waals surface area (Å²) < 4.78 is 3.65. The van der Waals surface area contributed by atoms with Gasteiger partial charge in [-0.15, -0.1) is 0 Å². The Labute approximate surface area is 141 Å². The van der Waals surface area contributed by atoms with Crippen molar-refractivity contribution >= 4 is 11.0 Å². The molecule has 0 aliphatic rings. The van der Waals surface area contributed by atoms with Gasteiger partial charge < -0.3 is 0 Å². The van der Waals surface area contributed by atoms with Crippen LogP contribution in [0.1, 0.15) is 50.9 Å². The van der Waals surface area contributed by atoms with Gasteiger partial charge in [-0.25, -0.2) is 14.0 Å². The molecule has 4 heterocycles. The van der Waals surface area contributed by atoms with E-state index in [4.69, 9.17) is 0 Å². The number of nitrogens with zero attached hydrogens (tertiary/aromatic N) is 6. The van der Waals surface area contributed by atoms with Crippen LogP contribution in [0, 0.1) is 0 Å².